The van der Waals surface area contributed by atoms with Gasteiger partial charge in [0.05, 0.1) is 0 Å². The van der Waals surface area contributed by atoms with Crippen molar-refractivity contribution in [3.63, 3.8) is 0 Å². The van der Waals surface area contributed by atoms with Gasteiger partial charge >= 0.3 is 0 Å². The van der Waals surface area contributed by atoms with Crippen molar-refractivity contribution in [2.75, 3.05) is 6.61 Å². The molecule has 1 N–H and O–H groups in total. The first-order valence-electron chi connectivity index (χ1n) is 10.9. The average Bonchev–Trinajstić information content (AvgIpc) is 2.57. The van der Waals surface area contributed by atoms with Crippen molar-refractivity contribution >= 4 is 5.78 Å². The van der Waals surface area contributed by atoms with Gasteiger partial charge in [-0.05, 0) is 78.9 Å². The lowest BCUT2D eigenvalue weighted by molar-refractivity contribution is -0.143. The SMILES string of the molecule is CC(C)CCC[C@H]1[C@@H]2CC[C@H]3CC(=O)CC[C@]3(C)[C@H]2CC[C@]1(C)CO. The molecule has 25 heavy (non-hydrogen) atoms. The fraction of sp³-hybridized carbons (Fsp3) is 0.957. The second kappa shape index (κ2) is 7.33. The summed E-state index contributed by atoms with van der Waals surface area (Å²) in [6.07, 6.45) is 11.6. The highest BCUT2D eigenvalue weighted by molar-refractivity contribution is 5.79. The molecule has 0 spiro atoms. The topological polar surface area (TPSA) is 37.3 Å². The smallest absolute Gasteiger partial charge is 0.133 e. The molecule has 0 amide bonds. The van der Waals surface area contributed by atoms with Gasteiger partial charge in [0.1, 0.15) is 5.78 Å². The lowest BCUT2D eigenvalue weighted by Crippen LogP contribution is -2.54. The van der Waals surface area contributed by atoms with Gasteiger partial charge < -0.3 is 5.11 Å². The maximum atomic E-state index is 12.0. The monoisotopic (exact) mass is 348 g/mol. The van der Waals surface area contributed by atoms with E-state index in [4.69, 9.17) is 0 Å². The number of ketones is 1. The predicted octanol–water partition coefficient (Wildman–Crippen LogP) is 5.62. The van der Waals surface area contributed by atoms with Crippen LogP contribution in [0.3, 0.4) is 0 Å². The number of fused-ring (bicyclic) bond motifs is 3. The molecule has 2 nitrogen and oxygen atoms in total. The summed E-state index contributed by atoms with van der Waals surface area (Å²) in [6.45, 7) is 9.84. The summed E-state index contributed by atoms with van der Waals surface area (Å²) < 4.78 is 0. The molecule has 144 valence electrons. The summed E-state index contributed by atoms with van der Waals surface area (Å²) in [7, 11) is 0. The van der Waals surface area contributed by atoms with Gasteiger partial charge in [-0.15, -0.1) is 0 Å². The van der Waals surface area contributed by atoms with Crippen LogP contribution in [0.15, 0.2) is 0 Å². The van der Waals surface area contributed by atoms with E-state index in [0.717, 1.165) is 37.0 Å². The quantitative estimate of drug-likeness (QED) is 0.700. The number of aliphatic hydroxyl groups excluding tert-OH is 1. The Labute approximate surface area is 155 Å². The van der Waals surface area contributed by atoms with E-state index in [1.165, 1.54) is 44.9 Å². The molecule has 0 unspecified atom stereocenters. The molecule has 3 saturated carbocycles. The Morgan fingerprint density at radius 2 is 1.92 bits per heavy atom. The number of carbonyl (C=O) groups excluding carboxylic acids is 1. The number of rotatable bonds is 5. The van der Waals surface area contributed by atoms with Gasteiger partial charge in [0.25, 0.3) is 0 Å². The minimum absolute atomic E-state index is 0.117. The first-order valence-corrected chi connectivity index (χ1v) is 10.9. The van der Waals surface area contributed by atoms with E-state index in [2.05, 4.69) is 27.7 Å². The maximum absolute atomic E-state index is 12.0. The van der Waals surface area contributed by atoms with Gasteiger partial charge in [0.2, 0.25) is 0 Å². The van der Waals surface area contributed by atoms with Crippen LogP contribution in [0.2, 0.25) is 0 Å². The molecular weight excluding hydrogens is 308 g/mol. The van der Waals surface area contributed by atoms with Crippen LogP contribution in [-0.4, -0.2) is 17.5 Å². The third kappa shape index (κ3) is 3.57. The van der Waals surface area contributed by atoms with Crippen molar-refractivity contribution in [3.8, 4) is 0 Å². The number of carbonyl (C=O) groups is 1. The predicted molar refractivity (Wildman–Crippen MR) is 103 cm³/mol. The number of hydrogen-bond acceptors (Lipinski definition) is 2. The summed E-state index contributed by atoms with van der Waals surface area (Å²) >= 11 is 0. The van der Waals surface area contributed by atoms with Crippen molar-refractivity contribution in [1.29, 1.82) is 0 Å². The Hall–Kier alpha value is -0.370. The Morgan fingerprint density at radius 3 is 2.60 bits per heavy atom. The van der Waals surface area contributed by atoms with Crippen molar-refractivity contribution in [2.45, 2.75) is 91.9 Å². The van der Waals surface area contributed by atoms with Crippen molar-refractivity contribution in [3.05, 3.63) is 0 Å². The highest BCUT2D eigenvalue weighted by atomic mass is 16.3. The van der Waals surface area contributed by atoms with Gasteiger partial charge in [-0.25, -0.2) is 0 Å². The molecular formula is C23H40O2. The van der Waals surface area contributed by atoms with Crippen LogP contribution < -0.4 is 0 Å². The molecule has 3 aliphatic carbocycles. The second-order valence-corrected chi connectivity index (χ2v) is 10.6. The van der Waals surface area contributed by atoms with Crippen LogP contribution in [-0.2, 0) is 4.79 Å². The second-order valence-electron chi connectivity index (χ2n) is 10.6. The lowest BCUT2D eigenvalue weighted by Gasteiger charge is -2.60. The third-order valence-electron chi connectivity index (χ3n) is 8.66. The molecule has 2 heteroatoms. The molecule has 3 rings (SSSR count). The maximum Gasteiger partial charge on any atom is 0.133 e. The number of hydrogen-bond donors (Lipinski definition) is 1. The molecule has 0 aromatic rings. The van der Waals surface area contributed by atoms with E-state index in [0.29, 0.717) is 29.6 Å². The van der Waals surface area contributed by atoms with E-state index in [-0.39, 0.29) is 5.41 Å². The summed E-state index contributed by atoms with van der Waals surface area (Å²) in [5, 5.41) is 10.2. The fourth-order valence-corrected chi connectivity index (χ4v) is 6.94. The highest BCUT2D eigenvalue weighted by Crippen LogP contribution is 2.63. The molecule has 0 radical (unpaired) electrons. The van der Waals surface area contributed by atoms with Crippen LogP contribution in [0.1, 0.15) is 91.9 Å². The zero-order valence-electron chi connectivity index (χ0n) is 17.0. The standard InChI is InChI=1S/C23H40O2/c1-16(2)6-5-7-20-19-9-8-17-14-18(25)10-13-23(17,4)21(19)11-12-22(20,3)15-24/h16-17,19-21,24H,5-15H2,1-4H3/t17-,19-,20-,21-,22+,23-/m0/s1. The van der Waals surface area contributed by atoms with E-state index in [1.807, 2.05) is 0 Å². The minimum Gasteiger partial charge on any atom is -0.396 e. The molecule has 0 heterocycles. The van der Waals surface area contributed by atoms with Crippen molar-refractivity contribution in [2.24, 2.45) is 40.4 Å². The van der Waals surface area contributed by atoms with E-state index < -0.39 is 0 Å². The Morgan fingerprint density at radius 1 is 1.16 bits per heavy atom. The van der Waals surface area contributed by atoms with Crippen LogP contribution >= 0.6 is 0 Å². The summed E-state index contributed by atoms with van der Waals surface area (Å²) in [5.41, 5.74) is 0.496. The van der Waals surface area contributed by atoms with E-state index in [9.17, 15) is 9.90 Å². The molecule has 0 saturated heterocycles. The molecule has 0 aromatic carbocycles. The zero-order valence-corrected chi connectivity index (χ0v) is 17.0. The van der Waals surface area contributed by atoms with Gasteiger partial charge in [0, 0.05) is 19.4 Å². The fourth-order valence-electron chi connectivity index (χ4n) is 6.94. The summed E-state index contributed by atoms with van der Waals surface area (Å²) in [5.74, 6) is 4.13. The highest BCUT2D eigenvalue weighted by Gasteiger charge is 2.56. The molecule has 3 fully saturated rings. The lowest BCUT2D eigenvalue weighted by atomic mass is 9.44. The molecule has 6 atom stereocenters. The number of aliphatic hydroxyl groups is 1. The molecule has 0 aromatic heterocycles. The minimum atomic E-state index is 0.117. The van der Waals surface area contributed by atoms with Crippen LogP contribution in [0.4, 0.5) is 0 Å². The average molecular weight is 349 g/mol. The van der Waals surface area contributed by atoms with E-state index in [1.54, 1.807) is 0 Å². The van der Waals surface area contributed by atoms with Crippen LogP contribution in [0.5, 0.6) is 0 Å². The van der Waals surface area contributed by atoms with Gasteiger partial charge in [0.15, 0.2) is 0 Å². The van der Waals surface area contributed by atoms with Gasteiger partial charge in [-0.3, -0.25) is 4.79 Å². The Balaban J connectivity index is 1.80. The van der Waals surface area contributed by atoms with Crippen LogP contribution in [0, 0.1) is 40.4 Å². The van der Waals surface area contributed by atoms with Gasteiger partial charge in [-0.2, -0.15) is 0 Å². The van der Waals surface area contributed by atoms with Crippen LogP contribution in [0.25, 0.3) is 0 Å². The van der Waals surface area contributed by atoms with Gasteiger partial charge in [-0.1, -0.05) is 40.5 Å². The molecule has 0 bridgehead atoms. The first-order chi connectivity index (χ1) is 11.8. The van der Waals surface area contributed by atoms with Crippen molar-refractivity contribution in [1.82, 2.24) is 0 Å². The third-order valence-corrected chi connectivity index (χ3v) is 8.66. The zero-order chi connectivity index (χ0) is 18.2. The summed E-state index contributed by atoms with van der Waals surface area (Å²) in [6, 6.07) is 0. The van der Waals surface area contributed by atoms with E-state index >= 15 is 0 Å². The normalized spacial score (nSPS) is 44.5. The molecule has 3 aliphatic rings. The molecule has 0 aliphatic heterocycles. The largest absolute Gasteiger partial charge is 0.396 e. The first kappa shape index (κ1) is 19.4. The van der Waals surface area contributed by atoms with Crippen molar-refractivity contribution < 1.29 is 9.90 Å². The number of Topliss-reactive ketones (excluding diaryl/α,β-unsaturated/α-hetero) is 1. The Kier molecular flexibility index (Phi) is 5.69. The summed E-state index contributed by atoms with van der Waals surface area (Å²) in [4.78, 5) is 12.0. The Bertz CT molecular complexity index is 484.